The van der Waals surface area contributed by atoms with Gasteiger partial charge in [0.2, 0.25) is 5.88 Å². The molecule has 2 aromatic carbocycles. The maximum absolute atomic E-state index is 13.3. The van der Waals surface area contributed by atoms with Crippen molar-refractivity contribution < 1.29 is 14.3 Å². The minimum Gasteiger partial charge on any atom is -0.494 e. The number of hydrogen-bond donors (Lipinski definition) is 0. The fraction of sp³-hybridized carbons (Fsp3) is 0.136. The molecule has 0 aliphatic carbocycles. The smallest absolute Gasteiger partial charge is 0.258 e. The molecule has 0 atom stereocenters. The Bertz CT molecular complexity index is 1150. The van der Waals surface area contributed by atoms with Gasteiger partial charge < -0.3 is 14.4 Å². The first kappa shape index (κ1) is 20.4. The highest BCUT2D eigenvalue weighted by Gasteiger charge is 2.27. The average Bonchev–Trinajstić information content (AvgIpc) is 2.77. The van der Waals surface area contributed by atoms with Crippen LogP contribution in [0.25, 0.3) is 11.1 Å². The van der Waals surface area contributed by atoms with Gasteiger partial charge in [0, 0.05) is 17.3 Å². The van der Waals surface area contributed by atoms with E-state index in [1.165, 1.54) is 0 Å². The number of pyridine rings is 1. The first-order chi connectivity index (χ1) is 14.5. The highest BCUT2D eigenvalue weighted by atomic mass is 79.9. The minimum atomic E-state index is -0.164. The van der Waals surface area contributed by atoms with E-state index >= 15 is 0 Å². The molecule has 0 bridgehead atoms. The van der Waals surface area contributed by atoms with Gasteiger partial charge in [-0.2, -0.15) is 5.26 Å². The molecule has 0 fully saturated rings. The van der Waals surface area contributed by atoms with Gasteiger partial charge in [0.25, 0.3) is 5.91 Å². The van der Waals surface area contributed by atoms with Gasteiger partial charge in [0.15, 0.2) is 0 Å². The number of methoxy groups -OCH3 is 1. The van der Waals surface area contributed by atoms with Crippen LogP contribution in [0.2, 0.25) is 0 Å². The second-order valence-electron chi connectivity index (χ2n) is 6.52. The SMILES string of the molecule is COc1c(Br)cc(C(=O)N2CCOc3ncc(-c4ccc(C#N)cc4)cc32)cc1Br. The number of rotatable bonds is 3. The van der Waals surface area contributed by atoms with E-state index in [0.29, 0.717) is 50.5 Å². The molecule has 6 nitrogen and oxygen atoms in total. The highest BCUT2D eigenvalue weighted by Crippen LogP contribution is 2.37. The number of carbonyl (C=O) groups excluding carboxylic acids is 1. The molecule has 2 heterocycles. The largest absolute Gasteiger partial charge is 0.494 e. The van der Waals surface area contributed by atoms with Crippen molar-refractivity contribution in [3.63, 3.8) is 0 Å². The quantitative estimate of drug-likeness (QED) is 0.467. The number of carbonyl (C=O) groups is 1. The number of nitriles is 1. The molecule has 1 aliphatic heterocycles. The van der Waals surface area contributed by atoms with Crippen LogP contribution >= 0.6 is 31.9 Å². The number of amides is 1. The molecule has 1 aliphatic rings. The fourth-order valence-electron chi connectivity index (χ4n) is 3.24. The van der Waals surface area contributed by atoms with Gasteiger partial charge in [-0.15, -0.1) is 0 Å². The maximum atomic E-state index is 13.3. The van der Waals surface area contributed by atoms with Crippen LogP contribution in [0.15, 0.2) is 57.6 Å². The third kappa shape index (κ3) is 3.78. The Hall–Kier alpha value is -2.89. The van der Waals surface area contributed by atoms with Gasteiger partial charge in [-0.25, -0.2) is 4.98 Å². The number of nitrogens with zero attached hydrogens (tertiary/aromatic N) is 3. The summed E-state index contributed by atoms with van der Waals surface area (Å²) in [6.07, 6.45) is 1.70. The third-order valence-electron chi connectivity index (χ3n) is 4.72. The Balaban J connectivity index is 1.72. The molecule has 150 valence electrons. The van der Waals surface area contributed by atoms with Gasteiger partial charge >= 0.3 is 0 Å². The van der Waals surface area contributed by atoms with E-state index in [-0.39, 0.29) is 5.91 Å². The maximum Gasteiger partial charge on any atom is 0.258 e. The molecule has 0 unspecified atom stereocenters. The summed E-state index contributed by atoms with van der Waals surface area (Å²) in [6.45, 7) is 0.770. The number of anilines is 1. The monoisotopic (exact) mass is 527 g/mol. The lowest BCUT2D eigenvalue weighted by Gasteiger charge is -2.29. The summed E-state index contributed by atoms with van der Waals surface area (Å²) in [5.41, 5.74) is 3.43. The number of hydrogen-bond acceptors (Lipinski definition) is 5. The summed E-state index contributed by atoms with van der Waals surface area (Å²) in [5, 5.41) is 9.00. The molecular formula is C22H15Br2N3O3. The second-order valence-corrected chi connectivity index (χ2v) is 8.22. The first-order valence-electron chi connectivity index (χ1n) is 9.00. The van der Waals surface area contributed by atoms with E-state index in [1.807, 2.05) is 18.2 Å². The molecular weight excluding hydrogens is 514 g/mol. The van der Waals surface area contributed by atoms with Crippen LogP contribution in [-0.4, -0.2) is 31.2 Å². The Morgan fingerprint density at radius 3 is 2.50 bits per heavy atom. The van der Waals surface area contributed by atoms with Crippen molar-refractivity contribution in [1.82, 2.24) is 4.98 Å². The van der Waals surface area contributed by atoms with Gasteiger partial charge in [0.1, 0.15) is 18.0 Å². The Kier molecular flexibility index (Phi) is 5.75. The van der Waals surface area contributed by atoms with Crippen LogP contribution in [0, 0.1) is 11.3 Å². The van der Waals surface area contributed by atoms with Gasteiger partial charge in [-0.1, -0.05) is 12.1 Å². The topological polar surface area (TPSA) is 75.4 Å². The first-order valence-corrected chi connectivity index (χ1v) is 10.6. The highest BCUT2D eigenvalue weighted by molar-refractivity contribution is 9.11. The molecule has 0 spiro atoms. The van der Waals surface area contributed by atoms with Crippen LogP contribution in [-0.2, 0) is 0 Å². The van der Waals surface area contributed by atoms with Crippen LogP contribution in [0.4, 0.5) is 5.69 Å². The molecule has 1 aromatic heterocycles. The zero-order valence-corrected chi connectivity index (χ0v) is 19.0. The summed E-state index contributed by atoms with van der Waals surface area (Å²) in [7, 11) is 1.57. The molecule has 0 N–H and O–H groups in total. The number of aromatic nitrogens is 1. The lowest BCUT2D eigenvalue weighted by molar-refractivity contribution is 0.0975. The predicted molar refractivity (Wildman–Crippen MR) is 120 cm³/mol. The lowest BCUT2D eigenvalue weighted by Crippen LogP contribution is -2.38. The van der Waals surface area contributed by atoms with Gasteiger partial charge in [-0.3, -0.25) is 4.79 Å². The molecule has 0 saturated carbocycles. The number of ether oxygens (including phenoxy) is 2. The van der Waals surface area contributed by atoms with E-state index in [9.17, 15) is 4.79 Å². The normalized spacial score (nSPS) is 12.5. The molecule has 8 heteroatoms. The number of fused-ring (bicyclic) bond motifs is 1. The van der Waals surface area contributed by atoms with Gasteiger partial charge in [0.05, 0.1) is 34.2 Å². The average molecular weight is 529 g/mol. The Morgan fingerprint density at radius 1 is 1.17 bits per heavy atom. The molecule has 0 saturated heterocycles. The van der Waals surface area contributed by atoms with Crippen LogP contribution in [0.5, 0.6) is 11.6 Å². The van der Waals surface area contributed by atoms with Crippen LogP contribution in [0.3, 0.4) is 0 Å². The van der Waals surface area contributed by atoms with Crippen LogP contribution < -0.4 is 14.4 Å². The minimum absolute atomic E-state index is 0.164. The van der Waals surface area contributed by atoms with Crippen LogP contribution in [0.1, 0.15) is 15.9 Å². The van der Waals surface area contributed by atoms with Crippen molar-refractivity contribution in [2.45, 2.75) is 0 Å². The molecule has 30 heavy (non-hydrogen) atoms. The third-order valence-corrected chi connectivity index (χ3v) is 5.90. The zero-order chi connectivity index (χ0) is 21.3. The Morgan fingerprint density at radius 2 is 1.87 bits per heavy atom. The molecule has 0 radical (unpaired) electrons. The summed E-state index contributed by atoms with van der Waals surface area (Å²) in [6, 6.07) is 14.7. The Labute approximate surface area is 190 Å². The second kappa shape index (κ2) is 8.46. The molecule has 3 aromatic rings. The van der Waals surface area contributed by atoms with Crippen molar-refractivity contribution in [3.05, 3.63) is 68.7 Å². The van der Waals surface area contributed by atoms with Crippen molar-refractivity contribution in [2.75, 3.05) is 25.2 Å². The van der Waals surface area contributed by atoms with E-state index in [4.69, 9.17) is 14.7 Å². The van der Waals surface area contributed by atoms with E-state index in [0.717, 1.165) is 11.1 Å². The predicted octanol–water partition coefficient (Wildman–Crippen LogP) is 5.19. The standard InChI is InChI=1S/C22H15Br2N3O3/c1-29-20-17(23)8-15(9-18(20)24)22(28)27-6-7-30-21-19(27)10-16(12-26-21)14-4-2-13(11-25)3-5-14/h2-5,8-10,12H,6-7H2,1H3. The number of benzene rings is 2. The summed E-state index contributed by atoms with van der Waals surface area (Å²) >= 11 is 6.90. The van der Waals surface area contributed by atoms with Crippen molar-refractivity contribution >= 4 is 43.5 Å². The molecule has 1 amide bonds. The zero-order valence-electron chi connectivity index (χ0n) is 15.9. The number of halogens is 2. The molecule has 4 rings (SSSR count). The van der Waals surface area contributed by atoms with Crippen molar-refractivity contribution in [2.24, 2.45) is 0 Å². The summed E-state index contributed by atoms with van der Waals surface area (Å²) in [4.78, 5) is 19.4. The fourth-order valence-corrected chi connectivity index (χ4v) is 4.75. The lowest BCUT2D eigenvalue weighted by atomic mass is 10.0. The van der Waals surface area contributed by atoms with Crippen molar-refractivity contribution in [3.8, 4) is 28.8 Å². The summed E-state index contributed by atoms with van der Waals surface area (Å²) in [5.74, 6) is 0.875. The summed E-state index contributed by atoms with van der Waals surface area (Å²) < 4.78 is 12.4. The van der Waals surface area contributed by atoms with Gasteiger partial charge in [-0.05, 0) is 67.8 Å². The van der Waals surface area contributed by atoms with E-state index in [1.54, 1.807) is 42.5 Å². The van der Waals surface area contributed by atoms with E-state index < -0.39 is 0 Å². The van der Waals surface area contributed by atoms with E-state index in [2.05, 4.69) is 42.9 Å². The van der Waals surface area contributed by atoms with Crippen molar-refractivity contribution in [1.29, 1.82) is 5.26 Å².